The molecule has 0 N–H and O–H groups in total. The van der Waals surface area contributed by atoms with Crippen molar-refractivity contribution in [3.63, 3.8) is 0 Å². The molecule has 482 valence electrons. The molecule has 83 heavy (non-hydrogen) atoms. The van der Waals surface area contributed by atoms with Gasteiger partial charge in [-0.2, -0.15) is 0 Å². The van der Waals surface area contributed by atoms with Gasteiger partial charge in [0, 0.05) is 19.3 Å². The van der Waals surface area contributed by atoms with Crippen molar-refractivity contribution < 1.29 is 28.6 Å². The molecule has 0 aliphatic rings. The van der Waals surface area contributed by atoms with E-state index in [9.17, 15) is 14.4 Å². The Morgan fingerprint density at radius 2 is 0.434 bits per heavy atom. The summed E-state index contributed by atoms with van der Waals surface area (Å²) in [7, 11) is 0. The first-order chi connectivity index (χ1) is 41.0. The molecule has 0 heterocycles. The maximum Gasteiger partial charge on any atom is 0.306 e. The highest BCUT2D eigenvalue weighted by atomic mass is 16.6. The largest absolute Gasteiger partial charge is 0.462 e. The fourth-order valence-corrected chi connectivity index (χ4v) is 10.7. The van der Waals surface area contributed by atoms with E-state index in [2.05, 4.69) is 93.7 Å². The summed E-state index contributed by atoms with van der Waals surface area (Å²) >= 11 is 0. The first kappa shape index (κ1) is 79.8. The molecule has 0 fully saturated rings. The van der Waals surface area contributed by atoms with E-state index in [0.717, 1.165) is 77.0 Å². The average molecular weight is 1160 g/mol. The molecule has 1 unspecified atom stereocenters. The Morgan fingerprint density at radius 1 is 0.241 bits per heavy atom. The third-order valence-electron chi connectivity index (χ3n) is 16.2. The molecule has 0 aromatic rings. The molecular formula is C77H138O6. The highest BCUT2D eigenvalue weighted by molar-refractivity contribution is 5.71. The number of esters is 3. The highest BCUT2D eigenvalue weighted by Crippen LogP contribution is 2.17. The highest BCUT2D eigenvalue weighted by Gasteiger charge is 2.19. The number of hydrogen-bond donors (Lipinski definition) is 0. The van der Waals surface area contributed by atoms with Gasteiger partial charge in [-0.05, 0) is 116 Å². The van der Waals surface area contributed by atoms with Gasteiger partial charge in [-0.1, -0.05) is 318 Å². The second kappa shape index (κ2) is 71.3. The second-order valence-corrected chi connectivity index (χ2v) is 24.5. The SMILES string of the molecule is CCCCCCC/C=C\C/C=C\C/C=C\CCCCCCCCCCCCC(=O)OCC(COC(=O)CCCCCCCCC/C=C\CCCCCCCC)OC(=O)CCCCCCCCCCCCC/C=C\C/C=C\CCCCCCC. The fourth-order valence-electron chi connectivity index (χ4n) is 10.7. The van der Waals surface area contributed by atoms with Gasteiger partial charge in [-0.15, -0.1) is 0 Å². The van der Waals surface area contributed by atoms with Crippen molar-refractivity contribution in [1.29, 1.82) is 0 Å². The Balaban J connectivity index is 4.35. The van der Waals surface area contributed by atoms with Crippen molar-refractivity contribution in [2.24, 2.45) is 0 Å². The molecule has 0 saturated carbocycles. The van der Waals surface area contributed by atoms with Crippen LogP contribution in [0.1, 0.15) is 380 Å². The van der Waals surface area contributed by atoms with Crippen molar-refractivity contribution in [2.75, 3.05) is 13.2 Å². The van der Waals surface area contributed by atoms with Gasteiger partial charge in [0.05, 0.1) is 0 Å². The molecule has 0 rings (SSSR count). The van der Waals surface area contributed by atoms with Crippen LogP contribution in [0.3, 0.4) is 0 Å². The van der Waals surface area contributed by atoms with E-state index in [0.29, 0.717) is 19.3 Å². The van der Waals surface area contributed by atoms with Gasteiger partial charge in [0.15, 0.2) is 6.10 Å². The zero-order chi connectivity index (χ0) is 59.9. The maximum absolute atomic E-state index is 13.0. The number of rotatable bonds is 67. The van der Waals surface area contributed by atoms with Crippen LogP contribution in [-0.2, 0) is 28.6 Å². The summed E-state index contributed by atoms with van der Waals surface area (Å²) in [5.41, 5.74) is 0. The molecule has 0 aliphatic heterocycles. The maximum atomic E-state index is 13.0. The van der Waals surface area contributed by atoms with E-state index in [-0.39, 0.29) is 31.1 Å². The number of ether oxygens (including phenoxy) is 3. The minimum Gasteiger partial charge on any atom is -0.462 e. The van der Waals surface area contributed by atoms with E-state index in [4.69, 9.17) is 14.2 Å². The first-order valence-electron chi connectivity index (χ1n) is 36.4. The normalized spacial score (nSPS) is 12.5. The summed E-state index contributed by atoms with van der Waals surface area (Å²) in [5.74, 6) is -0.865. The van der Waals surface area contributed by atoms with Crippen molar-refractivity contribution in [2.45, 2.75) is 386 Å². The molecule has 0 radical (unpaired) electrons. The quantitative estimate of drug-likeness (QED) is 0.0261. The molecule has 0 aromatic heterocycles. The van der Waals surface area contributed by atoms with Gasteiger partial charge in [0.1, 0.15) is 13.2 Å². The van der Waals surface area contributed by atoms with Crippen LogP contribution in [0.2, 0.25) is 0 Å². The predicted molar refractivity (Wildman–Crippen MR) is 362 cm³/mol. The molecule has 0 saturated heterocycles. The van der Waals surface area contributed by atoms with Crippen LogP contribution in [-0.4, -0.2) is 37.2 Å². The third-order valence-corrected chi connectivity index (χ3v) is 16.2. The summed E-state index contributed by atoms with van der Waals surface area (Å²) in [6.07, 6.45) is 93.5. The van der Waals surface area contributed by atoms with Crippen molar-refractivity contribution in [1.82, 2.24) is 0 Å². The van der Waals surface area contributed by atoms with Crippen molar-refractivity contribution in [3.05, 3.63) is 72.9 Å². The zero-order valence-electron chi connectivity index (χ0n) is 55.5. The Labute approximate surface area is 516 Å². The van der Waals surface area contributed by atoms with E-state index >= 15 is 0 Å². The van der Waals surface area contributed by atoms with Gasteiger partial charge in [0.25, 0.3) is 0 Å². The van der Waals surface area contributed by atoms with Gasteiger partial charge < -0.3 is 14.2 Å². The van der Waals surface area contributed by atoms with Crippen LogP contribution in [0.25, 0.3) is 0 Å². The smallest absolute Gasteiger partial charge is 0.306 e. The lowest BCUT2D eigenvalue weighted by Crippen LogP contribution is -2.30. The fraction of sp³-hybridized carbons (Fsp3) is 0.805. The number of unbranched alkanes of at least 4 members (excludes halogenated alkanes) is 44. The summed E-state index contributed by atoms with van der Waals surface area (Å²) in [5, 5.41) is 0. The molecule has 6 heteroatoms. The van der Waals surface area contributed by atoms with Crippen LogP contribution in [0.5, 0.6) is 0 Å². The monoisotopic (exact) mass is 1160 g/mol. The molecule has 0 bridgehead atoms. The topological polar surface area (TPSA) is 78.9 Å². The lowest BCUT2D eigenvalue weighted by atomic mass is 10.0. The van der Waals surface area contributed by atoms with E-state index < -0.39 is 6.10 Å². The molecule has 0 amide bonds. The Kier molecular flexibility index (Phi) is 68.6. The zero-order valence-corrected chi connectivity index (χ0v) is 55.5. The van der Waals surface area contributed by atoms with Crippen molar-refractivity contribution >= 4 is 17.9 Å². The Bertz CT molecular complexity index is 1520. The van der Waals surface area contributed by atoms with Gasteiger partial charge >= 0.3 is 17.9 Å². The summed E-state index contributed by atoms with van der Waals surface area (Å²) in [4.78, 5) is 38.5. The second-order valence-electron chi connectivity index (χ2n) is 24.5. The standard InChI is InChI=1S/C77H138O6/c1-4-7-10-13-16-19-22-25-28-31-33-35-37-38-40-41-43-46-49-52-55-58-61-64-67-70-76(79)82-73-74(72-81-75(78)69-66-63-60-57-54-51-48-45-30-27-24-21-18-15-12-9-6-3)83-77(80)71-68-65-62-59-56-53-50-47-44-42-39-36-34-32-29-26-23-20-17-14-11-8-5-2/h22-23,25-27,30-34,37-38,74H,4-21,24,28-29,35-36,39-73H2,1-3H3/b25-22-,26-23-,30-27-,33-31-,34-32-,38-37-. The lowest BCUT2D eigenvalue weighted by Gasteiger charge is -2.18. The molecule has 0 aliphatic carbocycles. The number of carbonyl (C=O) groups excluding carboxylic acids is 3. The Morgan fingerprint density at radius 3 is 0.687 bits per heavy atom. The van der Waals surface area contributed by atoms with Gasteiger partial charge in [-0.3, -0.25) is 14.4 Å². The minimum absolute atomic E-state index is 0.0772. The molecule has 1 atom stereocenters. The van der Waals surface area contributed by atoms with Gasteiger partial charge in [-0.25, -0.2) is 0 Å². The van der Waals surface area contributed by atoms with Crippen LogP contribution in [0, 0.1) is 0 Å². The average Bonchev–Trinajstić information content (AvgIpc) is 3.49. The lowest BCUT2D eigenvalue weighted by molar-refractivity contribution is -0.167. The van der Waals surface area contributed by atoms with E-state index in [1.165, 1.54) is 263 Å². The van der Waals surface area contributed by atoms with Crippen LogP contribution in [0.15, 0.2) is 72.9 Å². The number of carbonyl (C=O) groups is 3. The summed E-state index contributed by atoms with van der Waals surface area (Å²) in [6, 6.07) is 0. The van der Waals surface area contributed by atoms with Crippen LogP contribution < -0.4 is 0 Å². The first-order valence-corrected chi connectivity index (χ1v) is 36.4. The van der Waals surface area contributed by atoms with E-state index in [1.807, 2.05) is 0 Å². The van der Waals surface area contributed by atoms with Crippen molar-refractivity contribution in [3.8, 4) is 0 Å². The number of allylic oxidation sites excluding steroid dienone is 12. The molecule has 6 nitrogen and oxygen atoms in total. The van der Waals surface area contributed by atoms with Gasteiger partial charge in [0.2, 0.25) is 0 Å². The molecular weight excluding hydrogens is 1020 g/mol. The predicted octanol–water partition coefficient (Wildman–Crippen LogP) is 25.2. The third kappa shape index (κ3) is 69.5. The van der Waals surface area contributed by atoms with E-state index in [1.54, 1.807) is 0 Å². The molecule has 0 spiro atoms. The summed E-state index contributed by atoms with van der Waals surface area (Å²) in [6.45, 7) is 6.66. The molecule has 0 aromatic carbocycles. The number of hydrogen-bond acceptors (Lipinski definition) is 6. The summed E-state index contributed by atoms with van der Waals surface area (Å²) < 4.78 is 17.0. The minimum atomic E-state index is -0.782. The van der Waals surface area contributed by atoms with Crippen LogP contribution in [0.4, 0.5) is 0 Å². The Hall–Kier alpha value is -3.15. The van der Waals surface area contributed by atoms with Crippen LogP contribution >= 0.6 is 0 Å².